The first-order valence-electron chi connectivity index (χ1n) is 5.86. The highest BCUT2D eigenvalue weighted by Gasteiger charge is 2.20. The summed E-state index contributed by atoms with van der Waals surface area (Å²) in [5.74, 6) is -0.924. The summed E-state index contributed by atoms with van der Waals surface area (Å²) in [6, 6.07) is 10.3. The lowest BCUT2D eigenvalue weighted by molar-refractivity contribution is 0.465. The van der Waals surface area contributed by atoms with Crippen molar-refractivity contribution >= 4 is 10.0 Å². The van der Waals surface area contributed by atoms with Crippen LogP contribution in [0.15, 0.2) is 53.4 Å². The van der Waals surface area contributed by atoms with E-state index in [0.29, 0.717) is 5.56 Å². The van der Waals surface area contributed by atoms with E-state index in [2.05, 4.69) is 0 Å². The molecule has 0 saturated heterocycles. The highest BCUT2D eigenvalue weighted by molar-refractivity contribution is 7.89. The fourth-order valence-corrected chi connectivity index (χ4v) is 2.92. The van der Waals surface area contributed by atoms with Gasteiger partial charge < -0.3 is 0 Å². The summed E-state index contributed by atoms with van der Waals surface area (Å²) in [6.07, 6.45) is 0. The van der Waals surface area contributed by atoms with Gasteiger partial charge in [0.2, 0.25) is 10.0 Å². The first-order valence-corrected chi connectivity index (χ1v) is 7.30. The molecule has 20 heavy (non-hydrogen) atoms. The normalized spacial score (nSPS) is 11.8. The van der Waals surface area contributed by atoms with Crippen molar-refractivity contribution in [1.29, 1.82) is 0 Å². The van der Waals surface area contributed by atoms with Crippen LogP contribution >= 0.6 is 0 Å². The predicted octanol–water partition coefficient (Wildman–Crippen LogP) is 2.79. The summed E-state index contributed by atoms with van der Waals surface area (Å²) >= 11 is 0. The Morgan fingerprint density at radius 2 is 1.65 bits per heavy atom. The quantitative estimate of drug-likeness (QED) is 0.870. The largest absolute Gasteiger partial charge is 0.243 e. The van der Waals surface area contributed by atoms with Crippen molar-refractivity contribution in [1.82, 2.24) is 4.31 Å². The van der Waals surface area contributed by atoms with E-state index in [9.17, 15) is 17.2 Å². The molecule has 0 aromatic heterocycles. The lowest BCUT2D eigenvalue weighted by Gasteiger charge is -2.17. The standard InChI is InChI=1S/C14H13F2NO2S/c1-17(10-11-3-2-4-13(16)9-11)20(18,19)14-7-5-12(15)6-8-14/h2-9H,10H2,1H3. The van der Waals surface area contributed by atoms with Crippen molar-refractivity contribution in [3.63, 3.8) is 0 Å². The van der Waals surface area contributed by atoms with E-state index in [1.54, 1.807) is 6.07 Å². The second-order valence-corrected chi connectivity index (χ2v) is 6.39. The first-order chi connectivity index (χ1) is 9.39. The van der Waals surface area contributed by atoms with Crippen molar-refractivity contribution < 1.29 is 17.2 Å². The summed E-state index contributed by atoms with van der Waals surface area (Å²) < 4.78 is 51.5. The molecule has 0 aliphatic carbocycles. The van der Waals surface area contributed by atoms with Gasteiger partial charge in [-0.1, -0.05) is 12.1 Å². The highest BCUT2D eigenvalue weighted by Crippen LogP contribution is 2.17. The van der Waals surface area contributed by atoms with E-state index in [0.717, 1.165) is 16.4 Å². The Labute approximate surface area is 116 Å². The average Bonchev–Trinajstić information content (AvgIpc) is 2.39. The topological polar surface area (TPSA) is 37.4 Å². The van der Waals surface area contributed by atoms with E-state index in [-0.39, 0.29) is 11.4 Å². The number of sulfonamides is 1. The lowest BCUT2D eigenvalue weighted by Crippen LogP contribution is -2.26. The maximum atomic E-state index is 13.1. The molecule has 0 spiro atoms. The van der Waals surface area contributed by atoms with E-state index < -0.39 is 21.7 Å². The van der Waals surface area contributed by atoms with Crippen LogP contribution in [-0.4, -0.2) is 19.8 Å². The fraction of sp³-hybridized carbons (Fsp3) is 0.143. The molecule has 0 fully saturated rings. The zero-order valence-corrected chi connectivity index (χ0v) is 11.6. The van der Waals surface area contributed by atoms with Crippen molar-refractivity contribution in [2.45, 2.75) is 11.4 Å². The molecule has 106 valence electrons. The zero-order valence-electron chi connectivity index (χ0n) is 10.8. The summed E-state index contributed by atoms with van der Waals surface area (Å²) in [5, 5.41) is 0. The van der Waals surface area contributed by atoms with Crippen LogP contribution in [0.5, 0.6) is 0 Å². The minimum absolute atomic E-state index is 0.00203. The number of rotatable bonds is 4. The van der Waals surface area contributed by atoms with Gasteiger partial charge in [0.25, 0.3) is 0 Å². The van der Waals surface area contributed by atoms with Gasteiger partial charge in [-0.15, -0.1) is 0 Å². The SMILES string of the molecule is CN(Cc1cccc(F)c1)S(=O)(=O)c1ccc(F)cc1. The van der Waals surface area contributed by atoms with Crippen molar-refractivity contribution in [2.24, 2.45) is 0 Å². The molecule has 3 nitrogen and oxygen atoms in total. The second-order valence-electron chi connectivity index (χ2n) is 4.34. The summed E-state index contributed by atoms with van der Waals surface area (Å²) in [6.45, 7) is 0.0392. The number of halogens is 2. The smallest absolute Gasteiger partial charge is 0.207 e. The van der Waals surface area contributed by atoms with E-state index in [1.807, 2.05) is 0 Å². The highest BCUT2D eigenvalue weighted by atomic mass is 32.2. The minimum Gasteiger partial charge on any atom is -0.207 e. The van der Waals surface area contributed by atoms with E-state index >= 15 is 0 Å². The number of benzene rings is 2. The molecular weight excluding hydrogens is 284 g/mol. The molecule has 2 rings (SSSR count). The Morgan fingerprint density at radius 1 is 1.00 bits per heavy atom. The molecule has 6 heteroatoms. The Morgan fingerprint density at radius 3 is 2.25 bits per heavy atom. The van der Waals surface area contributed by atoms with Crippen LogP contribution < -0.4 is 0 Å². The average molecular weight is 297 g/mol. The summed E-state index contributed by atoms with van der Waals surface area (Å²) in [5.41, 5.74) is 0.540. The van der Waals surface area contributed by atoms with E-state index in [4.69, 9.17) is 0 Å². The van der Waals surface area contributed by atoms with Crippen LogP contribution in [0.3, 0.4) is 0 Å². The maximum absolute atomic E-state index is 13.1. The van der Waals surface area contributed by atoms with Crippen LogP contribution in [0.4, 0.5) is 8.78 Å². The lowest BCUT2D eigenvalue weighted by atomic mass is 10.2. The molecule has 2 aromatic rings. The fourth-order valence-electron chi connectivity index (χ4n) is 1.76. The maximum Gasteiger partial charge on any atom is 0.243 e. The molecule has 0 aliphatic rings. The third-order valence-electron chi connectivity index (χ3n) is 2.82. The molecule has 0 heterocycles. The van der Waals surface area contributed by atoms with Gasteiger partial charge in [0.1, 0.15) is 11.6 Å². The zero-order chi connectivity index (χ0) is 14.8. The van der Waals surface area contributed by atoms with Gasteiger partial charge in [-0.2, -0.15) is 4.31 Å². The first kappa shape index (κ1) is 14.6. The Hall–Kier alpha value is -1.79. The number of hydrogen-bond acceptors (Lipinski definition) is 2. The Kier molecular flexibility index (Phi) is 4.15. The van der Waals surface area contributed by atoms with Gasteiger partial charge in [-0.25, -0.2) is 17.2 Å². The van der Waals surface area contributed by atoms with Crippen LogP contribution in [-0.2, 0) is 16.6 Å². The molecule has 0 N–H and O–H groups in total. The Balaban J connectivity index is 2.23. The van der Waals surface area contributed by atoms with E-state index in [1.165, 1.54) is 37.4 Å². The van der Waals surface area contributed by atoms with Gasteiger partial charge in [0.05, 0.1) is 4.90 Å². The van der Waals surface area contributed by atoms with Crippen LogP contribution in [0.2, 0.25) is 0 Å². The molecule has 0 unspecified atom stereocenters. The Bertz CT molecular complexity index is 699. The minimum atomic E-state index is -3.72. The molecule has 0 amide bonds. The molecule has 0 bridgehead atoms. The number of nitrogens with zero attached hydrogens (tertiary/aromatic N) is 1. The van der Waals surface area contributed by atoms with Gasteiger partial charge >= 0.3 is 0 Å². The molecule has 0 saturated carbocycles. The summed E-state index contributed by atoms with van der Waals surface area (Å²) in [7, 11) is -2.33. The van der Waals surface area contributed by atoms with Gasteiger partial charge in [0, 0.05) is 13.6 Å². The molecule has 0 atom stereocenters. The predicted molar refractivity (Wildman–Crippen MR) is 71.5 cm³/mol. The summed E-state index contributed by atoms with van der Waals surface area (Å²) in [4.78, 5) is -0.00203. The molecule has 0 radical (unpaired) electrons. The van der Waals surface area contributed by atoms with Crippen molar-refractivity contribution in [3.05, 3.63) is 65.7 Å². The van der Waals surface area contributed by atoms with Crippen LogP contribution in [0.25, 0.3) is 0 Å². The van der Waals surface area contributed by atoms with Gasteiger partial charge in [0.15, 0.2) is 0 Å². The molecular formula is C14H13F2NO2S. The van der Waals surface area contributed by atoms with Gasteiger partial charge in [-0.05, 0) is 42.0 Å². The van der Waals surface area contributed by atoms with Gasteiger partial charge in [-0.3, -0.25) is 0 Å². The van der Waals surface area contributed by atoms with Crippen molar-refractivity contribution in [3.8, 4) is 0 Å². The monoisotopic (exact) mass is 297 g/mol. The third kappa shape index (κ3) is 3.20. The molecule has 0 aliphatic heterocycles. The number of hydrogen-bond donors (Lipinski definition) is 0. The molecule has 2 aromatic carbocycles. The third-order valence-corrected chi connectivity index (χ3v) is 4.63. The van der Waals surface area contributed by atoms with Crippen molar-refractivity contribution in [2.75, 3.05) is 7.05 Å². The van der Waals surface area contributed by atoms with Crippen LogP contribution in [0, 0.1) is 11.6 Å². The second kappa shape index (κ2) is 5.68. The van der Waals surface area contributed by atoms with Crippen LogP contribution in [0.1, 0.15) is 5.56 Å².